The SMILES string of the molecule is CCNc1cc(Nc2cc(C)c3n(c2=O)C(C)(C)NC3=O)ncn1.CS(N)(=O)=O. The molecule has 1 aliphatic rings. The highest BCUT2D eigenvalue weighted by atomic mass is 32.2. The Labute approximate surface area is 168 Å². The number of hydrogen-bond donors (Lipinski definition) is 4. The van der Waals surface area contributed by atoms with Gasteiger partial charge in [-0.3, -0.25) is 14.2 Å². The molecule has 3 heterocycles. The Morgan fingerprint density at radius 1 is 1.21 bits per heavy atom. The van der Waals surface area contributed by atoms with Gasteiger partial charge < -0.3 is 16.0 Å². The fraction of sp³-hybridized carbons (Fsp3) is 0.412. The molecular formula is C17H25N7O4S. The predicted molar refractivity (Wildman–Crippen MR) is 111 cm³/mol. The number of aryl methyl sites for hydroxylation is 1. The Kier molecular flexibility index (Phi) is 6.28. The second kappa shape index (κ2) is 8.17. The number of carbonyl (C=O) groups is 1. The highest BCUT2D eigenvalue weighted by Crippen LogP contribution is 2.25. The van der Waals surface area contributed by atoms with Crippen molar-refractivity contribution in [3.63, 3.8) is 0 Å². The number of carbonyl (C=O) groups excluding carboxylic acids is 1. The summed E-state index contributed by atoms with van der Waals surface area (Å²) in [6.45, 7) is 8.10. The Balaban J connectivity index is 0.000000537. The summed E-state index contributed by atoms with van der Waals surface area (Å²) in [5.41, 5.74) is 0.435. The third-order valence-electron chi connectivity index (χ3n) is 3.87. The lowest BCUT2D eigenvalue weighted by Crippen LogP contribution is -2.42. The number of sulfonamides is 1. The van der Waals surface area contributed by atoms with Gasteiger partial charge in [0.25, 0.3) is 11.5 Å². The van der Waals surface area contributed by atoms with Crippen LogP contribution in [0.5, 0.6) is 0 Å². The summed E-state index contributed by atoms with van der Waals surface area (Å²) in [6.07, 6.45) is 2.36. The molecule has 5 N–H and O–H groups in total. The lowest BCUT2D eigenvalue weighted by atomic mass is 10.1. The number of nitrogens with one attached hydrogen (secondary N) is 3. The molecule has 0 unspecified atom stereocenters. The smallest absolute Gasteiger partial charge is 0.276 e. The minimum Gasteiger partial charge on any atom is -0.370 e. The topological polar surface area (TPSA) is 161 Å². The second-order valence-electron chi connectivity index (χ2n) is 7.02. The number of aromatic nitrogens is 3. The monoisotopic (exact) mass is 423 g/mol. The lowest BCUT2D eigenvalue weighted by Gasteiger charge is -2.22. The first-order chi connectivity index (χ1) is 13.3. The lowest BCUT2D eigenvalue weighted by molar-refractivity contribution is 0.0934. The molecule has 3 rings (SSSR count). The molecule has 2 aromatic rings. The summed E-state index contributed by atoms with van der Waals surface area (Å²) >= 11 is 0. The molecule has 0 fully saturated rings. The average molecular weight is 423 g/mol. The number of nitrogens with zero attached hydrogens (tertiary/aromatic N) is 3. The molecule has 29 heavy (non-hydrogen) atoms. The van der Waals surface area contributed by atoms with Gasteiger partial charge in [0.05, 0.1) is 6.26 Å². The Hall–Kier alpha value is -2.99. The molecule has 0 radical (unpaired) electrons. The first-order valence-corrected chi connectivity index (χ1v) is 10.7. The van der Waals surface area contributed by atoms with Gasteiger partial charge in [-0.1, -0.05) is 0 Å². The number of hydrogen-bond acceptors (Lipinski definition) is 8. The maximum atomic E-state index is 12.8. The van der Waals surface area contributed by atoms with Crippen molar-refractivity contribution in [2.24, 2.45) is 5.14 Å². The van der Waals surface area contributed by atoms with Crippen molar-refractivity contribution < 1.29 is 13.2 Å². The number of fused-ring (bicyclic) bond motifs is 1. The second-order valence-corrected chi connectivity index (χ2v) is 8.68. The molecular weight excluding hydrogens is 398 g/mol. The highest BCUT2D eigenvalue weighted by Gasteiger charge is 2.37. The number of anilines is 3. The van der Waals surface area contributed by atoms with E-state index in [1.165, 1.54) is 10.9 Å². The minimum absolute atomic E-state index is 0.238. The van der Waals surface area contributed by atoms with Gasteiger partial charge in [0.2, 0.25) is 10.0 Å². The Bertz CT molecular complexity index is 1090. The third-order valence-corrected chi connectivity index (χ3v) is 3.87. The molecule has 0 bridgehead atoms. The largest absolute Gasteiger partial charge is 0.370 e. The zero-order valence-electron chi connectivity index (χ0n) is 16.9. The molecule has 2 aromatic heterocycles. The molecule has 0 atom stereocenters. The van der Waals surface area contributed by atoms with Crippen LogP contribution in [0.1, 0.15) is 36.8 Å². The van der Waals surface area contributed by atoms with Gasteiger partial charge in [-0.05, 0) is 39.3 Å². The fourth-order valence-corrected chi connectivity index (χ4v) is 2.88. The van der Waals surface area contributed by atoms with Gasteiger partial charge in [0, 0.05) is 12.6 Å². The van der Waals surface area contributed by atoms with Gasteiger partial charge >= 0.3 is 0 Å². The van der Waals surface area contributed by atoms with Crippen molar-refractivity contribution in [1.82, 2.24) is 19.9 Å². The van der Waals surface area contributed by atoms with E-state index in [2.05, 4.69) is 31.1 Å². The molecule has 0 aromatic carbocycles. The summed E-state index contributed by atoms with van der Waals surface area (Å²) < 4.78 is 20.3. The van der Waals surface area contributed by atoms with Crippen molar-refractivity contribution in [2.75, 3.05) is 23.4 Å². The maximum Gasteiger partial charge on any atom is 0.276 e. The van der Waals surface area contributed by atoms with Crippen molar-refractivity contribution >= 4 is 33.3 Å². The van der Waals surface area contributed by atoms with Gasteiger partial charge in [0.1, 0.15) is 35.0 Å². The van der Waals surface area contributed by atoms with Crippen molar-refractivity contribution in [3.05, 3.63) is 40.1 Å². The molecule has 158 valence electrons. The zero-order chi connectivity index (χ0) is 22.0. The van der Waals surface area contributed by atoms with Crippen LogP contribution in [0.15, 0.2) is 23.3 Å². The Morgan fingerprint density at radius 2 is 1.79 bits per heavy atom. The van der Waals surface area contributed by atoms with Crippen LogP contribution in [0.4, 0.5) is 17.3 Å². The summed E-state index contributed by atoms with van der Waals surface area (Å²) in [5.74, 6) is 0.941. The number of amides is 1. The van der Waals surface area contributed by atoms with Crippen LogP contribution >= 0.6 is 0 Å². The van der Waals surface area contributed by atoms with E-state index in [9.17, 15) is 18.0 Å². The van der Waals surface area contributed by atoms with Gasteiger partial charge in [-0.2, -0.15) is 0 Å². The van der Waals surface area contributed by atoms with Gasteiger partial charge in [-0.15, -0.1) is 0 Å². The molecule has 1 amide bonds. The van der Waals surface area contributed by atoms with Crippen LogP contribution in [-0.4, -0.2) is 41.7 Å². The number of nitrogens with two attached hydrogens (primary N) is 1. The van der Waals surface area contributed by atoms with E-state index in [1.54, 1.807) is 26.0 Å². The van der Waals surface area contributed by atoms with Crippen molar-refractivity contribution in [1.29, 1.82) is 0 Å². The third kappa shape index (κ3) is 5.51. The predicted octanol–water partition coefficient (Wildman–Crippen LogP) is 0.463. The number of pyridine rings is 1. The first-order valence-electron chi connectivity index (χ1n) is 8.74. The summed E-state index contributed by atoms with van der Waals surface area (Å²) in [4.78, 5) is 33.2. The van der Waals surface area contributed by atoms with Crippen molar-refractivity contribution in [2.45, 2.75) is 33.4 Å². The van der Waals surface area contributed by atoms with Crippen LogP contribution < -0.4 is 26.6 Å². The quantitative estimate of drug-likeness (QED) is 0.551. The maximum absolute atomic E-state index is 12.8. The van der Waals surface area contributed by atoms with Crippen LogP contribution in [0.25, 0.3) is 0 Å². The molecule has 11 nitrogen and oxygen atoms in total. The molecule has 0 saturated heterocycles. The fourth-order valence-electron chi connectivity index (χ4n) is 2.88. The Morgan fingerprint density at radius 3 is 2.38 bits per heavy atom. The minimum atomic E-state index is -3.17. The average Bonchev–Trinajstić information content (AvgIpc) is 2.81. The molecule has 12 heteroatoms. The van der Waals surface area contributed by atoms with E-state index < -0.39 is 15.7 Å². The summed E-state index contributed by atoms with van der Waals surface area (Å²) in [7, 11) is -3.17. The first kappa shape index (κ1) is 22.3. The standard InChI is InChI=1S/C16H20N6O2.CH5NO2S/c1-5-17-11-7-12(19-8-18-11)20-10-6-9(2)13-14(23)21-16(3,4)22(13)15(10)24;1-5(2,3)4/h6-8H,5H2,1-4H3,(H,21,23)(H2,17,18,19,20);1H3,(H2,2,3,4). The van der Waals surface area contributed by atoms with E-state index in [-0.39, 0.29) is 11.5 Å². The molecule has 0 aliphatic carbocycles. The van der Waals surface area contributed by atoms with E-state index in [0.717, 1.165) is 18.4 Å². The highest BCUT2D eigenvalue weighted by molar-refractivity contribution is 7.88. The number of primary sulfonamides is 1. The van der Waals surface area contributed by atoms with E-state index in [4.69, 9.17) is 0 Å². The molecule has 1 aliphatic heterocycles. The van der Waals surface area contributed by atoms with Crippen LogP contribution in [-0.2, 0) is 15.7 Å². The number of rotatable bonds is 4. The van der Waals surface area contributed by atoms with Gasteiger partial charge in [0.15, 0.2) is 0 Å². The summed E-state index contributed by atoms with van der Waals surface area (Å²) in [6, 6.07) is 3.40. The van der Waals surface area contributed by atoms with Crippen molar-refractivity contribution in [3.8, 4) is 0 Å². The summed E-state index contributed by atoms with van der Waals surface area (Å²) in [5, 5.41) is 13.3. The van der Waals surface area contributed by atoms with Crippen LogP contribution in [0, 0.1) is 6.92 Å². The molecule has 0 spiro atoms. The van der Waals surface area contributed by atoms with E-state index >= 15 is 0 Å². The van der Waals surface area contributed by atoms with E-state index in [1.807, 2.05) is 13.8 Å². The van der Waals surface area contributed by atoms with Crippen LogP contribution in [0.3, 0.4) is 0 Å². The van der Waals surface area contributed by atoms with Gasteiger partial charge in [-0.25, -0.2) is 23.5 Å². The zero-order valence-corrected chi connectivity index (χ0v) is 17.7. The normalized spacial score (nSPS) is 14.3. The molecule has 0 saturated carbocycles. The van der Waals surface area contributed by atoms with E-state index in [0.29, 0.717) is 23.0 Å². The van der Waals surface area contributed by atoms with Crippen LogP contribution in [0.2, 0.25) is 0 Å².